The Labute approximate surface area is 439 Å². The largest absolute Gasteiger partial charge is 0.461 e. The quantitative estimate of drug-likeness (QED) is 0.0524. The maximum absolute atomic E-state index is 14.7. The van der Waals surface area contributed by atoms with E-state index < -0.39 is 89.0 Å². The fraction of sp³-hybridized carbons (Fsp3) is 0.193. The molecule has 0 aliphatic carbocycles. The van der Waals surface area contributed by atoms with Gasteiger partial charge < -0.3 is 25.3 Å². The van der Waals surface area contributed by atoms with Crippen molar-refractivity contribution >= 4 is 17.7 Å². The Morgan fingerprint density at radius 1 is 0.603 bits per heavy atom. The number of benzene rings is 6. The molecule has 0 spiro atoms. The Kier molecular flexibility index (Phi) is 20.9. The number of ether oxygens (including phenoxy) is 3. The lowest BCUT2D eigenvalue weighted by Gasteiger charge is -2.37. The number of esters is 1. The van der Waals surface area contributed by atoms with E-state index in [0.29, 0.717) is 35.4 Å². The van der Waals surface area contributed by atoms with Gasteiger partial charge in [0, 0.05) is 30.9 Å². The topological polar surface area (TPSA) is 130 Å². The molecule has 410 valence electrons. The number of Topliss-reactive ketones (excluding diaryl/α,β-unsaturated/α-hetero) is 1. The van der Waals surface area contributed by atoms with Crippen molar-refractivity contribution in [1.29, 1.82) is 0 Å². The van der Waals surface area contributed by atoms with Crippen LogP contribution in [0.1, 0.15) is 53.1 Å². The van der Waals surface area contributed by atoms with Crippen LogP contribution in [0.4, 0.5) is 52.7 Å². The van der Waals surface area contributed by atoms with Crippen LogP contribution in [-0.4, -0.2) is 47.7 Å². The molecule has 1 aliphatic rings. The van der Waals surface area contributed by atoms with E-state index in [9.17, 15) is 67.1 Å². The molecule has 78 heavy (non-hydrogen) atoms. The van der Waals surface area contributed by atoms with Gasteiger partial charge in [0.2, 0.25) is 5.91 Å². The first-order valence-corrected chi connectivity index (χ1v) is 23.0. The number of pyridine rings is 1. The Balaban J connectivity index is 0.000000238. The average Bonchev–Trinajstić information content (AvgIpc) is 3.43. The third-order valence-corrected chi connectivity index (χ3v) is 11.0. The van der Waals surface area contributed by atoms with Crippen LogP contribution in [0.2, 0.25) is 0 Å². The highest BCUT2D eigenvalue weighted by atomic mass is 19.3. The minimum Gasteiger partial charge on any atom is -0.431 e. The molecule has 21 heteroatoms. The van der Waals surface area contributed by atoms with E-state index >= 15 is 0 Å². The highest BCUT2D eigenvalue weighted by Gasteiger charge is 2.46. The summed E-state index contributed by atoms with van der Waals surface area (Å²) in [7, 11) is 0. The van der Waals surface area contributed by atoms with Gasteiger partial charge in [0.1, 0.15) is 52.7 Å². The van der Waals surface area contributed by atoms with Crippen LogP contribution in [0, 0.1) is 23.3 Å². The van der Waals surface area contributed by atoms with E-state index in [1.54, 1.807) is 73.1 Å². The van der Waals surface area contributed by atoms with E-state index in [-0.39, 0.29) is 35.5 Å². The summed E-state index contributed by atoms with van der Waals surface area (Å²) in [6.45, 7) is 4.55. The standard InChI is InChI=1S/C26H21F6NO3.C22H17F6NO.C5H5N.C4H4O2/c1-16(34)11-23(35)33-25(15-17-5-3-2-4-6-17,18-7-9-20(27)10-8-18)19-12-21(28)14-22(13-19)36-26(31,32)24(29)30;23-17-8-6-15(7-9-17)21(29,13-14-4-2-1-3-5-14)16-10-18(24)12-19(11-16)30-22(27,28)20(25)26;1-2-4-6-5-3-1;1-3-2-4(5)6-3/h2-10,12-14,24H,11,15H2,1H3,(H,33,35);1-12,20H,13,29H2;1-5H;1-2H2/t25-;21-;;/m11../s1. The first-order valence-electron chi connectivity index (χ1n) is 23.0. The molecule has 6 aromatic carbocycles. The molecule has 8 rings (SSSR count). The molecular weight excluding hydrogens is 1050 g/mol. The smallest absolute Gasteiger partial charge is 0.431 e. The van der Waals surface area contributed by atoms with Gasteiger partial charge in [-0.05, 0) is 107 Å². The van der Waals surface area contributed by atoms with Crippen LogP contribution in [0.5, 0.6) is 11.5 Å². The minimum absolute atomic E-state index is 0.00183. The monoisotopic (exact) mass is 1100 g/mol. The number of nitrogens with one attached hydrogen (secondary N) is 1. The van der Waals surface area contributed by atoms with Gasteiger partial charge in [-0.3, -0.25) is 19.4 Å². The lowest BCUT2D eigenvalue weighted by Crippen LogP contribution is -2.49. The summed E-state index contributed by atoms with van der Waals surface area (Å²) in [6.07, 6.45) is -14.7. The summed E-state index contributed by atoms with van der Waals surface area (Å²) in [5, 5.41) is 2.66. The average molecular weight is 1100 g/mol. The maximum Gasteiger partial charge on any atom is 0.461 e. The van der Waals surface area contributed by atoms with Crippen LogP contribution >= 0.6 is 0 Å². The van der Waals surface area contributed by atoms with E-state index in [1.165, 1.54) is 31.2 Å². The lowest BCUT2D eigenvalue weighted by atomic mass is 9.77. The summed E-state index contributed by atoms with van der Waals surface area (Å²) in [5.41, 5.74) is 5.12. The number of rotatable bonds is 17. The number of nitrogens with zero attached hydrogens (tertiary/aromatic N) is 1. The molecule has 1 aliphatic heterocycles. The Morgan fingerprint density at radius 2 is 1.03 bits per heavy atom. The molecule has 2 heterocycles. The first-order chi connectivity index (χ1) is 36.8. The Morgan fingerprint density at radius 3 is 1.41 bits per heavy atom. The number of amides is 1. The zero-order chi connectivity index (χ0) is 57.3. The second-order valence-electron chi connectivity index (χ2n) is 17.1. The third-order valence-electron chi connectivity index (χ3n) is 11.0. The number of carbonyl (C=O) groups excluding carboxylic acids is 3. The predicted molar refractivity (Wildman–Crippen MR) is 262 cm³/mol. The van der Waals surface area contributed by atoms with Gasteiger partial charge in [0.15, 0.2) is 0 Å². The minimum atomic E-state index is -4.92. The third kappa shape index (κ3) is 17.5. The number of carbonyl (C=O) groups is 3. The lowest BCUT2D eigenvalue weighted by molar-refractivity contribution is -0.253. The second-order valence-corrected chi connectivity index (χ2v) is 17.1. The molecule has 1 saturated heterocycles. The van der Waals surface area contributed by atoms with Crippen molar-refractivity contribution in [3.63, 3.8) is 0 Å². The number of nitrogens with two attached hydrogens (primary N) is 1. The molecule has 3 N–H and O–H groups in total. The van der Waals surface area contributed by atoms with Crippen molar-refractivity contribution in [2.75, 3.05) is 0 Å². The number of ketones is 1. The molecule has 0 bridgehead atoms. The van der Waals surface area contributed by atoms with Crippen LogP contribution in [0.25, 0.3) is 0 Å². The molecule has 1 aromatic heterocycles. The summed E-state index contributed by atoms with van der Waals surface area (Å²) >= 11 is 0. The highest BCUT2D eigenvalue weighted by Crippen LogP contribution is 2.39. The predicted octanol–water partition coefficient (Wildman–Crippen LogP) is 13.0. The summed E-state index contributed by atoms with van der Waals surface area (Å²) < 4.78 is 173. The van der Waals surface area contributed by atoms with Gasteiger partial charge in [0.05, 0.1) is 17.5 Å². The molecule has 1 fully saturated rings. The van der Waals surface area contributed by atoms with Gasteiger partial charge in [-0.15, -0.1) is 0 Å². The van der Waals surface area contributed by atoms with Gasteiger partial charge in [-0.2, -0.15) is 35.1 Å². The SMILES string of the molecule is C=C1CC(=O)O1.CC(=O)CC(=O)N[C@](Cc1ccccc1)(c1ccc(F)cc1)c1cc(F)cc(OC(F)(F)C(F)F)c1.N[C@](Cc1ccccc1)(c1ccc(F)cc1)c1cc(F)cc(OC(F)(F)C(F)F)c1.c1ccncc1. The van der Waals surface area contributed by atoms with Crippen molar-refractivity contribution in [2.45, 2.75) is 68.8 Å². The van der Waals surface area contributed by atoms with Crippen LogP contribution < -0.4 is 20.5 Å². The fourth-order valence-corrected chi connectivity index (χ4v) is 7.52. The molecule has 0 unspecified atom stereocenters. The van der Waals surface area contributed by atoms with Crippen LogP contribution in [0.3, 0.4) is 0 Å². The normalized spacial score (nSPS) is 13.5. The zero-order valence-corrected chi connectivity index (χ0v) is 40.9. The number of alkyl halides is 8. The molecule has 2 atom stereocenters. The van der Waals surface area contributed by atoms with Gasteiger partial charge in [-0.1, -0.05) is 97.6 Å². The van der Waals surface area contributed by atoms with E-state index in [2.05, 4.69) is 31.1 Å². The molecular formula is C57H47F12N3O6. The van der Waals surface area contributed by atoms with Crippen molar-refractivity contribution in [1.82, 2.24) is 10.3 Å². The zero-order valence-electron chi connectivity index (χ0n) is 40.9. The fourth-order valence-electron chi connectivity index (χ4n) is 7.52. The summed E-state index contributed by atoms with van der Waals surface area (Å²) in [5.74, 6) is -5.85. The highest BCUT2D eigenvalue weighted by molar-refractivity contribution is 5.97. The Hall–Kier alpha value is -8.46. The number of halogens is 12. The van der Waals surface area contributed by atoms with Crippen LogP contribution in [-0.2, 0) is 43.0 Å². The molecule has 1 amide bonds. The van der Waals surface area contributed by atoms with Crippen LogP contribution in [0.15, 0.2) is 189 Å². The van der Waals surface area contributed by atoms with Crippen molar-refractivity contribution in [3.8, 4) is 11.5 Å². The first kappa shape index (κ1) is 60.4. The molecule has 7 aromatic rings. The maximum atomic E-state index is 14.7. The summed E-state index contributed by atoms with van der Waals surface area (Å²) in [4.78, 5) is 38.0. The van der Waals surface area contributed by atoms with E-state index in [4.69, 9.17) is 5.73 Å². The molecule has 0 saturated carbocycles. The van der Waals surface area contributed by atoms with Gasteiger partial charge >= 0.3 is 31.0 Å². The number of hydrogen-bond donors (Lipinski definition) is 2. The molecule has 9 nitrogen and oxygen atoms in total. The van der Waals surface area contributed by atoms with E-state index in [0.717, 1.165) is 54.1 Å². The molecule has 0 radical (unpaired) electrons. The Bertz CT molecular complexity index is 3040. The number of hydrogen-bond acceptors (Lipinski definition) is 8. The number of cyclic esters (lactones) is 1. The summed E-state index contributed by atoms with van der Waals surface area (Å²) in [6, 6.07) is 37.6. The van der Waals surface area contributed by atoms with Crippen molar-refractivity contribution < 1.29 is 81.3 Å². The van der Waals surface area contributed by atoms with Gasteiger partial charge in [0.25, 0.3) is 0 Å². The second kappa shape index (κ2) is 27.0. The number of aromatic nitrogens is 1. The van der Waals surface area contributed by atoms with E-state index in [1.807, 2.05) is 18.2 Å². The van der Waals surface area contributed by atoms with Crippen molar-refractivity contribution in [3.05, 3.63) is 245 Å². The van der Waals surface area contributed by atoms with Crippen molar-refractivity contribution in [2.24, 2.45) is 5.73 Å². The van der Waals surface area contributed by atoms with Gasteiger partial charge in [-0.25, -0.2) is 17.6 Å².